The monoisotopic (exact) mass is 537 g/mol. The molecular weight excluding hydrogens is 502 g/mol. The second kappa shape index (κ2) is 12.7. The third kappa shape index (κ3) is 6.93. The first-order valence-electron chi connectivity index (χ1n) is 13.7. The van der Waals surface area contributed by atoms with E-state index in [0.29, 0.717) is 22.0 Å². The predicted octanol–water partition coefficient (Wildman–Crippen LogP) is 3.24. The van der Waals surface area contributed by atoms with E-state index in [0.717, 1.165) is 76.7 Å². The highest BCUT2D eigenvalue weighted by atomic mass is 35.5. The molecule has 0 radical (unpaired) electrons. The van der Waals surface area contributed by atoms with Crippen molar-refractivity contribution in [2.45, 2.75) is 50.7 Å². The average molecular weight is 538 g/mol. The van der Waals surface area contributed by atoms with Crippen molar-refractivity contribution in [1.82, 2.24) is 25.5 Å². The maximum absolute atomic E-state index is 12.8. The van der Waals surface area contributed by atoms with Crippen LogP contribution in [0.2, 0.25) is 5.02 Å². The second-order valence-electron chi connectivity index (χ2n) is 10.6. The lowest BCUT2D eigenvalue weighted by atomic mass is 9.93. The number of carbonyl (C=O) groups excluding carboxylic acids is 1. The summed E-state index contributed by atoms with van der Waals surface area (Å²) >= 11 is 6.11. The van der Waals surface area contributed by atoms with Gasteiger partial charge in [-0.15, -0.1) is 0 Å². The molecule has 3 fully saturated rings. The molecule has 3 heterocycles. The summed E-state index contributed by atoms with van der Waals surface area (Å²) in [5.74, 6) is 2.08. The molecule has 3 aliphatic rings. The van der Waals surface area contributed by atoms with Crippen LogP contribution in [0.25, 0.3) is 0 Å². The molecule has 0 spiro atoms. The molecule has 0 unspecified atom stereocenters. The van der Waals surface area contributed by atoms with Gasteiger partial charge in [0.05, 0.1) is 29.1 Å². The van der Waals surface area contributed by atoms with Crippen LogP contribution in [0, 0.1) is 17.2 Å². The van der Waals surface area contributed by atoms with E-state index in [2.05, 4.69) is 36.5 Å². The molecule has 1 aromatic carbocycles. The Bertz CT molecular complexity index is 1120. The molecule has 5 rings (SSSR count). The quantitative estimate of drug-likeness (QED) is 0.554. The van der Waals surface area contributed by atoms with Gasteiger partial charge in [-0.1, -0.05) is 11.6 Å². The summed E-state index contributed by atoms with van der Waals surface area (Å²) < 4.78 is 6.05. The zero-order chi connectivity index (χ0) is 26.3. The van der Waals surface area contributed by atoms with Gasteiger partial charge >= 0.3 is 0 Å². The van der Waals surface area contributed by atoms with Crippen LogP contribution in [0.3, 0.4) is 0 Å². The first kappa shape index (κ1) is 26.7. The van der Waals surface area contributed by atoms with Gasteiger partial charge in [-0.3, -0.25) is 4.79 Å². The molecule has 10 heteroatoms. The Labute approximate surface area is 229 Å². The molecule has 0 bridgehead atoms. The van der Waals surface area contributed by atoms with E-state index in [1.807, 2.05) is 0 Å². The van der Waals surface area contributed by atoms with Crippen LogP contribution >= 0.6 is 11.6 Å². The number of benzene rings is 1. The molecule has 2 N–H and O–H groups in total. The number of ether oxygens (including phenoxy) is 1. The lowest BCUT2D eigenvalue weighted by Crippen LogP contribution is -2.47. The van der Waals surface area contributed by atoms with Gasteiger partial charge in [-0.25, -0.2) is 9.97 Å². The number of nitrogens with zero attached hydrogens (tertiary/aromatic N) is 5. The van der Waals surface area contributed by atoms with Crippen molar-refractivity contribution in [1.29, 1.82) is 5.26 Å². The minimum Gasteiger partial charge on any atom is -0.490 e. The van der Waals surface area contributed by atoms with Crippen molar-refractivity contribution in [3.63, 3.8) is 0 Å². The molecule has 1 saturated carbocycles. The van der Waals surface area contributed by atoms with Crippen LogP contribution in [0.15, 0.2) is 30.6 Å². The molecule has 1 aliphatic carbocycles. The number of hydrogen-bond acceptors (Lipinski definition) is 8. The summed E-state index contributed by atoms with van der Waals surface area (Å²) in [6.45, 7) is 7.65. The Balaban J connectivity index is 1.04. The Hall–Kier alpha value is -2.93. The van der Waals surface area contributed by atoms with Gasteiger partial charge in [-0.2, -0.15) is 5.26 Å². The van der Waals surface area contributed by atoms with Gasteiger partial charge < -0.3 is 25.2 Å². The van der Waals surface area contributed by atoms with E-state index in [1.54, 1.807) is 30.6 Å². The third-order valence-electron chi connectivity index (χ3n) is 7.91. The topological polar surface area (TPSA) is 106 Å². The molecule has 202 valence electrons. The van der Waals surface area contributed by atoms with Crippen molar-refractivity contribution in [3.8, 4) is 11.8 Å². The van der Waals surface area contributed by atoms with Crippen molar-refractivity contribution in [2.75, 3.05) is 50.7 Å². The average Bonchev–Trinajstić information content (AvgIpc) is 2.95. The highest BCUT2D eigenvalue weighted by molar-refractivity contribution is 6.31. The fraction of sp³-hybridized carbons (Fsp3) is 0.571. The second-order valence-corrected chi connectivity index (χ2v) is 11.0. The lowest BCUT2D eigenvalue weighted by molar-refractivity contribution is 0.0888. The number of anilines is 1. The molecule has 2 aromatic rings. The molecular formula is C28H36ClN7O2. The predicted molar refractivity (Wildman–Crippen MR) is 147 cm³/mol. The van der Waals surface area contributed by atoms with E-state index < -0.39 is 0 Å². The largest absolute Gasteiger partial charge is 0.490 e. The van der Waals surface area contributed by atoms with Gasteiger partial charge in [-0.05, 0) is 56.6 Å². The van der Waals surface area contributed by atoms with Gasteiger partial charge in [0.15, 0.2) is 0 Å². The molecule has 1 aromatic heterocycles. The number of carbonyl (C=O) groups is 1. The Morgan fingerprint density at radius 2 is 1.84 bits per heavy atom. The standard InChI is InChI=1S/C28H36ClN7O2/c29-25-15-24(4-1-21(25)16-30)38-23-5-2-22(3-6-23)34-28(37)26-17-33-27(18-32-26)36-11-7-20(8-12-36)19-35-13-9-31-10-14-35/h1,4,15,17-18,20,22-23,31H,2-3,5-14,19H2,(H,34,37)/t22-,23-. The minimum atomic E-state index is -0.179. The minimum absolute atomic E-state index is 0.0623. The van der Waals surface area contributed by atoms with Crippen molar-refractivity contribution in [3.05, 3.63) is 46.9 Å². The zero-order valence-corrected chi connectivity index (χ0v) is 22.5. The molecule has 2 saturated heterocycles. The van der Waals surface area contributed by atoms with Crippen LogP contribution in [0.1, 0.15) is 54.6 Å². The first-order chi connectivity index (χ1) is 18.6. The molecule has 2 aliphatic heterocycles. The molecule has 38 heavy (non-hydrogen) atoms. The van der Waals surface area contributed by atoms with Gasteiger partial charge in [0.2, 0.25) is 0 Å². The summed E-state index contributed by atoms with van der Waals surface area (Å²) in [5, 5.41) is 15.9. The van der Waals surface area contributed by atoms with Crippen molar-refractivity contribution in [2.24, 2.45) is 5.92 Å². The van der Waals surface area contributed by atoms with Crippen LogP contribution in [-0.2, 0) is 0 Å². The van der Waals surface area contributed by atoms with E-state index in [9.17, 15) is 4.79 Å². The Morgan fingerprint density at radius 3 is 2.50 bits per heavy atom. The number of hydrogen-bond donors (Lipinski definition) is 2. The third-order valence-corrected chi connectivity index (χ3v) is 8.22. The summed E-state index contributed by atoms with van der Waals surface area (Å²) in [6.07, 6.45) is 9.04. The number of nitriles is 1. The number of halogens is 1. The maximum atomic E-state index is 12.8. The van der Waals surface area contributed by atoms with E-state index >= 15 is 0 Å². The zero-order valence-electron chi connectivity index (χ0n) is 21.7. The van der Waals surface area contributed by atoms with Crippen LogP contribution in [-0.4, -0.2) is 78.7 Å². The number of amides is 1. The normalized spacial score (nSPS) is 23.0. The molecule has 9 nitrogen and oxygen atoms in total. The highest BCUT2D eigenvalue weighted by Gasteiger charge is 2.26. The lowest BCUT2D eigenvalue weighted by Gasteiger charge is -2.36. The van der Waals surface area contributed by atoms with E-state index in [1.165, 1.54) is 19.4 Å². The van der Waals surface area contributed by atoms with Gasteiger partial charge in [0, 0.05) is 57.9 Å². The number of piperidine rings is 1. The SMILES string of the molecule is N#Cc1ccc(O[C@H]2CC[C@H](NC(=O)c3cnc(N4CCC(CN5CCNCC5)CC4)cn3)CC2)cc1Cl. The summed E-state index contributed by atoms with van der Waals surface area (Å²) in [4.78, 5) is 26.7. The van der Waals surface area contributed by atoms with Crippen LogP contribution in [0.4, 0.5) is 5.82 Å². The highest BCUT2D eigenvalue weighted by Crippen LogP contribution is 2.27. The van der Waals surface area contributed by atoms with Crippen molar-refractivity contribution >= 4 is 23.3 Å². The maximum Gasteiger partial charge on any atom is 0.271 e. The van der Waals surface area contributed by atoms with E-state index in [-0.39, 0.29) is 18.1 Å². The number of rotatable bonds is 7. The van der Waals surface area contributed by atoms with Crippen molar-refractivity contribution < 1.29 is 9.53 Å². The number of nitrogens with one attached hydrogen (secondary N) is 2. The fourth-order valence-corrected chi connectivity index (χ4v) is 5.85. The summed E-state index contributed by atoms with van der Waals surface area (Å²) in [6, 6.07) is 7.27. The van der Waals surface area contributed by atoms with Gasteiger partial charge in [0.1, 0.15) is 23.3 Å². The Morgan fingerprint density at radius 1 is 1.08 bits per heavy atom. The fourth-order valence-electron chi connectivity index (χ4n) is 5.64. The summed E-state index contributed by atoms with van der Waals surface area (Å²) in [5.41, 5.74) is 0.792. The summed E-state index contributed by atoms with van der Waals surface area (Å²) in [7, 11) is 0. The molecule has 0 atom stereocenters. The number of piperazine rings is 1. The van der Waals surface area contributed by atoms with Crippen LogP contribution < -0.4 is 20.3 Å². The van der Waals surface area contributed by atoms with E-state index in [4.69, 9.17) is 21.6 Å². The Kier molecular flexibility index (Phi) is 8.94. The number of aromatic nitrogens is 2. The van der Waals surface area contributed by atoms with Crippen LogP contribution in [0.5, 0.6) is 5.75 Å². The smallest absolute Gasteiger partial charge is 0.271 e. The van der Waals surface area contributed by atoms with Gasteiger partial charge in [0.25, 0.3) is 5.91 Å². The first-order valence-corrected chi connectivity index (χ1v) is 14.1. The molecule has 1 amide bonds.